The molecule has 2 nitrogen and oxygen atoms in total. The molecule has 0 unspecified atom stereocenters. The van der Waals surface area contributed by atoms with Crippen molar-refractivity contribution in [2.75, 3.05) is 26.2 Å². The molecule has 1 radical (unpaired) electrons. The van der Waals surface area contributed by atoms with E-state index in [4.69, 9.17) is 0 Å². The Labute approximate surface area is 62.3 Å². The van der Waals surface area contributed by atoms with Gasteiger partial charge in [0.2, 0.25) is 0 Å². The molecular weight excluding hydrogens is 139 g/mol. The van der Waals surface area contributed by atoms with Crippen LogP contribution in [-0.4, -0.2) is 26.2 Å². The van der Waals surface area contributed by atoms with Crippen molar-refractivity contribution < 1.29 is 18.6 Å². The minimum atomic E-state index is 0. The zero-order valence-corrected chi connectivity index (χ0v) is 6.33. The Morgan fingerprint density at radius 3 is 2.88 bits per heavy atom. The summed E-state index contributed by atoms with van der Waals surface area (Å²) in [5.74, 6) is 0. The average molecular weight is 150 g/mol. The zero-order valence-electron chi connectivity index (χ0n) is 4.93. The summed E-state index contributed by atoms with van der Waals surface area (Å²) in [6.45, 7) is 4.32. The molecule has 8 heavy (non-hydrogen) atoms. The van der Waals surface area contributed by atoms with E-state index in [1.807, 2.05) is 0 Å². The van der Waals surface area contributed by atoms with Gasteiger partial charge in [-0.05, 0) is 13.1 Å². The number of hydrogen-bond donors (Lipinski definition) is 1. The average Bonchev–Trinajstić information content (AvgIpc) is 1.90. The number of nitrogens with zero attached hydrogens (tertiary/aromatic N) is 1. The molecule has 1 heterocycles. The van der Waals surface area contributed by atoms with Crippen LogP contribution in [-0.2, 0) is 18.6 Å². The van der Waals surface area contributed by atoms with Gasteiger partial charge in [-0.2, -0.15) is 0 Å². The van der Waals surface area contributed by atoms with Crippen molar-refractivity contribution in [1.29, 1.82) is 0 Å². The van der Waals surface area contributed by atoms with Crippen molar-refractivity contribution >= 4 is 0 Å². The molecular formula is C5H11N2V-. The summed E-state index contributed by atoms with van der Waals surface area (Å²) < 4.78 is 0. The largest absolute Gasteiger partial charge is 0.661 e. The van der Waals surface area contributed by atoms with Gasteiger partial charge < -0.3 is 10.6 Å². The molecule has 1 aliphatic heterocycles. The van der Waals surface area contributed by atoms with Crippen molar-refractivity contribution in [3.63, 3.8) is 0 Å². The predicted octanol–water partition coefficient (Wildman–Crippen LogP) is 0.351. The molecule has 1 fully saturated rings. The van der Waals surface area contributed by atoms with Gasteiger partial charge in [0.25, 0.3) is 0 Å². The zero-order chi connectivity index (χ0) is 4.95. The molecule has 0 aromatic heterocycles. The Balaban J connectivity index is 0.000000490. The van der Waals surface area contributed by atoms with Crippen LogP contribution in [0.4, 0.5) is 0 Å². The van der Waals surface area contributed by atoms with E-state index in [0.717, 1.165) is 26.2 Å². The monoisotopic (exact) mass is 150 g/mol. The van der Waals surface area contributed by atoms with Crippen LogP contribution in [0.3, 0.4) is 0 Å². The minimum Gasteiger partial charge on any atom is -0.661 e. The molecule has 1 rings (SSSR count). The molecule has 0 spiro atoms. The molecule has 0 aliphatic carbocycles. The number of hydrogen-bond acceptors (Lipinski definition) is 1. The van der Waals surface area contributed by atoms with Crippen molar-refractivity contribution in [2.45, 2.75) is 6.42 Å². The van der Waals surface area contributed by atoms with Gasteiger partial charge in [-0.25, -0.2) is 0 Å². The summed E-state index contributed by atoms with van der Waals surface area (Å²) in [5.41, 5.74) is 0. The van der Waals surface area contributed by atoms with Crippen molar-refractivity contribution in [3.05, 3.63) is 5.32 Å². The van der Waals surface area contributed by atoms with E-state index in [1.165, 1.54) is 6.42 Å². The smallest absolute Gasteiger partial charge is 0 e. The van der Waals surface area contributed by atoms with E-state index in [-0.39, 0.29) is 18.6 Å². The number of nitrogens with one attached hydrogen (secondary N) is 1. The summed E-state index contributed by atoms with van der Waals surface area (Å²) in [7, 11) is 0. The molecule has 1 aliphatic rings. The van der Waals surface area contributed by atoms with Crippen molar-refractivity contribution in [1.82, 2.24) is 5.32 Å². The van der Waals surface area contributed by atoms with E-state index >= 15 is 0 Å². The van der Waals surface area contributed by atoms with Gasteiger partial charge in [0.1, 0.15) is 0 Å². The fraction of sp³-hybridized carbons (Fsp3) is 1.00. The Morgan fingerprint density at radius 1 is 1.12 bits per heavy atom. The molecule has 3 heteroatoms. The molecule has 47 valence electrons. The Kier molecular flexibility index (Phi) is 5.99. The fourth-order valence-corrected chi connectivity index (χ4v) is 0.711. The van der Waals surface area contributed by atoms with Gasteiger partial charge in [-0.1, -0.05) is 6.42 Å². The normalized spacial score (nSPS) is 21.0. The second kappa shape index (κ2) is 5.64. The maximum atomic E-state index is 4.21. The topological polar surface area (TPSA) is 26.1 Å². The van der Waals surface area contributed by atoms with Crippen LogP contribution in [0.1, 0.15) is 6.42 Å². The van der Waals surface area contributed by atoms with Crippen molar-refractivity contribution in [3.8, 4) is 0 Å². The van der Waals surface area contributed by atoms with Crippen LogP contribution in [0.15, 0.2) is 0 Å². The maximum absolute atomic E-state index is 4.21. The molecule has 0 atom stereocenters. The van der Waals surface area contributed by atoms with E-state index in [9.17, 15) is 0 Å². The second-order valence-electron chi connectivity index (χ2n) is 1.77. The first-order valence-corrected chi connectivity index (χ1v) is 2.84. The maximum Gasteiger partial charge on any atom is 0 e. The van der Waals surface area contributed by atoms with Gasteiger partial charge in [0, 0.05) is 18.6 Å². The van der Waals surface area contributed by atoms with Gasteiger partial charge in [-0.3, -0.25) is 0 Å². The number of rotatable bonds is 0. The van der Waals surface area contributed by atoms with E-state index in [2.05, 4.69) is 10.6 Å². The Morgan fingerprint density at radius 2 is 2.00 bits per heavy atom. The van der Waals surface area contributed by atoms with E-state index in [1.54, 1.807) is 0 Å². The molecule has 1 N–H and O–H groups in total. The van der Waals surface area contributed by atoms with Gasteiger partial charge in [-0.15, -0.1) is 13.1 Å². The van der Waals surface area contributed by atoms with Gasteiger partial charge in [0.15, 0.2) is 0 Å². The molecule has 0 aromatic rings. The van der Waals surface area contributed by atoms with Crippen LogP contribution < -0.4 is 5.32 Å². The molecule has 0 amide bonds. The molecule has 1 saturated heterocycles. The van der Waals surface area contributed by atoms with Crippen LogP contribution in [0, 0.1) is 0 Å². The summed E-state index contributed by atoms with van der Waals surface area (Å²) in [5, 5.41) is 7.46. The third kappa shape index (κ3) is 3.50. The Bertz CT molecular complexity index is 30.0. The third-order valence-corrected chi connectivity index (χ3v) is 1.12. The third-order valence-electron chi connectivity index (χ3n) is 1.12. The molecule has 0 bridgehead atoms. The SMILES string of the molecule is C1C[N-]CCNC1.[V]. The Hall–Kier alpha value is 0.504. The summed E-state index contributed by atoms with van der Waals surface area (Å²) in [4.78, 5) is 0. The van der Waals surface area contributed by atoms with Gasteiger partial charge in [0.05, 0.1) is 0 Å². The minimum absolute atomic E-state index is 0. The van der Waals surface area contributed by atoms with Crippen LogP contribution in [0.5, 0.6) is 0 Å². The summed E-state index contributed by atoms with van der Waals surface area (Å²) in [6, 6.07) is 0. The van der Waals surface area contributed by atoms with Gasteiger partial charge >= 0.3 is 0 Å². The first kappa shape index (κ1) is 8.50. The first-order valence-electron chi connectivity index (χ1n) is 2.84. The summed E-state index contributed by atoms with van der Waals surface area (Å²) >= 11 is 0. The fourth-order valence-electron chi connectivity index (χ4n) is 0.711. The second-order valence-corrected chi connectivity index (χ2v) is 1.77. The van der Waals surface area contributed by atoms with E-state index in [0.29, 0.717) is 0 Å². The van der Waals surface area contributed by atoms with Crippen LogP contribution in [0.25, 0.3) is 5.32 Å². The standard InChI is InChI=1S/C5H11N2.V/c1-2-6-4-5-7-3-1;/h6H,1-5H2;/q-1;. The predicted molar refractivity (Wildman–Crippen MR) is 30.6 cm³/mol. The summed E-state index contributed by atoms with van der Waals surface area (Å²) in [6.07, 6.45) is 1.22. The first-order chi connectivity index (χ1) is 3.50. The van der Waals surface area contributed by atoms with Crippen LogP contribution in [0.2, 0.25) is 0 Å². The molecule has 0 saturated carbocycles. The van der Waals surface area contributed by atoms with E-state index < -0.39 is 0 Å². The molecule has 0 aromatic carbocycles. The van der Waals surface area contributed by atoms with Crippen molar-refractivity contribution in [2.24, 2.45) is 0 Å². The van der Waals surface area contributed by atoms with Crippen LogP contribution >= 0.6 is 0 Å². The quantitative estimate of drug-likeness (QED) is 0.529.